The van der Waals surface area contributed by atoms with Gasteiger partial charge in [-0.3, -0.25) is 4.79 Å². The first-order chi connectivity index (χ1) is 13.4. The Morgan fingerprint density at radius 1 is 1.07 bits per heavy atom. The summed E-state index contributed by atoms with van der Waals surface area (Å²) in [6, 6.07) is 4.31. The van der Waals surface area contributed by atoms with Gasteiger partial charge in [0.15, 0.2) is 0 Å². The van der Waals surface area contributed by atoms with Crippen molar-refractivity contribution >= 4 is 11.9 Å². The Labute approximate surface area is 159 Å². The molecule has 0 saturated carbocycles. The van der Waals surface area contributed by atoms with Crippen LogP contribution in [0, 0.1) is 0 Å². The van der Waals surface area contributed by atoms with Crippen molar-refractivity contribution in [1.82, 2.24) is 14.9 Å². The van der Waals surface area contributed by atoms with Gasteiger partial charge in [0, 0.05) is 31.4 Å². The molecule has 2 aromatic rings. The molecule has 4 rings (SSSR count). The van der Waals surface area contributed by atoms with E-state index in [0.717, 1.165) is 23.4 Å². The van der Waals surface area contributed by atoms with E-state index >= 15 is 0 Å². The van der Waals surface area contributed by atoms with Crippen LogP contribution in [-0.4, -0.2) is 53.6 Å². The highest BCUT2D eigenvalue weighted by Gasteiger charge is 2.31. The number of nitrogens with zero attached hydrogens (tertiary/aromatic N) is 4. The van der Waals surface area contributed by atoms with Crippen molar-refractivity contribution < 1.29 is 22.7 Å². The lowest BCUT2D eigenvalue weighted by Crippen LogP contribution is -2.39. The van der Waals surface area contributed by atoms with Gasteiger partial charge in [-0.05, 0) is 36.2 Å². The molecule has 1 aromatic heterocycles. The van der Waals surface area contributed by atoms with E-state index in [1.807, 2.05) is 4.90 Å². The molecule has 1 fully saturated rings. The highest BCUT2D eigenvalue weighted by molar-refractivity contribution is 5.94. The third-order valence-corrected chi connectivity index (χ3v) is 4.97. The van der Waals surface area contributed by atoms with Crippen molar-refractivity contribution in [3.8, 4) is 0 Å². The van der Waals surface area contributed by atoms with Crippen LogP contribution < -0.4 is 4.90 Å². The number of alkyl halides is 3. The molecule has 2 aliphatic rings. The van der Waals surface area contributed by atoms with Crippen LogP contribution in [-0.2, 0) is 23.9 Å². The van der Waals surface area contributed by atoms with E-state index in [1.165, 1.54) is 12.1 Å². The molecule has 0 bridgehead atoms. The minimum absolute atomic E-state index is 0.235. The Hall–Kier alpha value is -2.68. The summed E-state index contributed by atoms with van der Waals surface area (Å²) in [5, 5.41) is 0. The molecule has 0 atom stereocenters. The number of carbonyl (C=O) groups is 1. The third-order valence-electron chi connectivity index (χ3n) is 4.97. The van der Waals surface area contributed by atoms with E-state index in [0.29, 0.717) is 51.8 Å². The predicted molar refractivity (Wildman–Crippen MR) is 95.0 cm³/mol. The first-order valence-electron chi connectivity index (χ1n) is 9.06. The van der Waals surface area contributed by atoms with Gasteiger partial charge in [-0.1, -0.05) is 0 Å². The first kappa shape index (κ1) is 18.7. The number of ether oxygens (including phenoxy) is 1. The van der Waals surface area contributed by atoms with Gasteiger partial charge in [0.1, 0.15) is 0 Å². The summed E-state index contributed by atoms with van der Waals surface area (Å²) in [4.78, 5) is 25.4. The number of anilines is 1. The predicted octanol–water partition coefficient (Wildman–Crippen LogP) is 2.53. The number of benzene rings is 1. The fraction of sp³-hybridized carbons (Fsp3) is 0.421. The summed E-state index contributed by atoms with van der Waals surface area (Å²) in [6.07, 6.45) is -2.00. The Bertz CT molecular complexity index is 864. The van der Waals surface area contributed by atoms with Gasteiger partial charge in [-0.25, -0.2) is 9.97 Å². The van der Waals surface area contributed by atoms with Crippen LogP contribution in [0.15, 0.2) is 30.5 Å². The van der Waals surface area contributed by atoms with Crippen molar-refractivity contribution in [2.45, 2.75) is 19.1 Å². The molecule has 2 aliphatic heterocycles. The number of amides is 1. The Morgan fingerprint density at radius 3 is 2.46 bits per heavy atom. The van der Waals surface area contributed by atoms with Crippen LogP contribution in [0.1, 0.15) is 27.2 Å². The molecular formula is C19H19F3N4O2. The quantitative estimate of drug-likeness (QED) is 0.786. The number of halogens is 3. The van der Waals surface area contributed by atoms with Crippen LogP contribution in [0.3, 0.4) is 0 Å². The molecule has 1 saturated heterocycles. The molecule has 0 radical (unpaired) electrons. The molecule has 0 unspecified atom stereocenters. The van der Waals surface area contributed by atoms with Crippen LogP contribution in [0.4, 0.5) is 19.1 Å². The zero-order valence-electron chi connectivity index (χ0n) is 15.1. The molecule has 0 spiro atoms. The minimum atomic E-state index is -4.42. The van der Waals surface area contributed by atoms with Crippen molar-refractivity contribution in [1.29, 1.82) is 0 Å². The average Bonchev–Trinajstić information content (AvgIpc) is 2.72. The third kappa shape index (κ3) is 3.80. The number of hydrogen-bond acceptors (Lipinski definition) is 5. The molecule has 28 heavy (non-hydrogen) atoms. The fourth-order valence-electron chi connectivity index (χ4n) is 3.37. The summed E-state index contributed by atoms with van der Waals surface area (Å²) in [7, 11) is 0. The lowest BCUT2D eigenvalue weighted by Gasteiger charge is -2.30. The van der Waals surface area contributed by atoms with Gasteiger partial charge >= 0.3 is 6.18 Å². The van der Waals surface area contributed by atoms with Gasteiger partial charge in [0.25, 0.3) is 5.91 Å². The van der Waals surface area contributed by atoms with E-state index in [4.69, 9.17) is 4.74 Å². The van der Waals surface area contributed by atoms with Gasteiger partial charge in [0.2, 0.25) is 5.95 Å². The molecule has 0 N–H and O–H groups in total. The molecule has 1 amide bonds. The minimum Gasteiger partial charge on any atom is -0.378 e. The van der Waals surface area contributed by atoms with Crippen LogP contribution in [0.25, 0.3) is 0 Å². The SMILES string of the molecule is O=C(c1ccc(C(F)(F)F)cc1)N1CCc2cnc(N3CCOCC3)nc2C1. The number of rotatable bonds is 2. The van der Waals surface area contributed by atoms with E-state index in [9.17, 15) is 18.0 Å². The zero-order chi connectivity index (χ0) is 19.7. The van der Waals surface area contributed by atoms with E-state index in [2.05, 4.69) is 9.97 Å². The maximum Gasteiger partial charge on any atom is 0.416 e. The number of aromatic nitrogens is 2. The van der Waals surface area contributed by atoms with Gasteiger partial charge in [-0.2, -0.15) is 13.2 Å². The topological polar surface area (TPSA) is 58.6 Å². The van der Waals surface area contributed by atoms with E-state index in [-0.39, 0.29) is 11.5 Å². The summed E-state index contributed by atoms with van der Waals surface area (Å²) >= 11 is 0. The van der Waals surface area contributed by atoms with Crippen LogP contribution in [0.5, 0.6) is 0 Å². The molecule has 1 aromatic carbocycles. The molecule has 3 heterocycles. The second kappa shape index (κ2) is 7.38. The first-order valence-corrected chi connectivity index (χ1v) is 9.06. The van der Waals surface area contributed by atoms with Gasteiger partial charge < -0.3 is 14.5 Å². The zero-order valence-corrected chi connectivity index (χ0v) is 15.1. The maximum absolute atomic E-state index is 12.7. The highest BCUT2D eigenvalue weighted by atomic mass is 19.4. The molecule has 9 heteroatoms. The number of carbonyl (C=O) groups excluding carboxylic acids is 1. The largest absolute Gasteiger partial charge is 0.416 e. The number of hydrogen-bond donors (Lipinski definition) is 0. The van der Waals surface area contributed by atoms with Gasteiger partial charge in [-0.15, -0.1) is 0 Å². The maximum atomic E-state index is 12.7. The summed E-state index contributed by atoms with van der Waals surface area (Å²) in [5.74, 6) is 0.316. The van der Waals surface area contributed by atoms with Crippen LogP contribution in [0.2, 0.25) is 0 Å². The molecule has 0 aliphatic carbocycles. The van der Waals surface area contributed by atoms with Crippen molar-refractivity contribution in [3.05, 3.63) is 52.8 Å². The number of morpholine rings is 1. The summed E-state index contributed by atoms with van der Waals surface area (Å²) < 4.78 is 43.5. The second-order valence-electron chi connectivity index (χ2n) is 6.79. The molecule has 6 nitrogen and oxygen atoms in total. The van der Waals surface area contributed by atoms with E-state index in [1.54, 1.807) is 11.1 Å². The fourth-order valence-corrected chi connectivity index (χ4v) is 3.37. The Balaban J connectivity index is 1.50. The van der Waals surface area contributed by atoms with E-state index < -0.39 is 11.7 Å². The molecule has 148 valence electrons. The summed E-state index contributed by atoms with van der Waals surface area (Å²) in [5.41, 5.74) is 1.24. The number of fused-ring (bicyclic) bond motifs is 1. The standard InChI is InChI=1S/C19H19F3N4O2/c20-19(21,22)15-3-1-13(2-4-15)17(27)26-6-5-14-11-23-18(24-16(14)12-26)25-7-9-28-10-8-25/h1-4,11H,5-10,12H2. The average molecular weight is 392 g/mol. The van der Waals surface area contributed by atoms with Gasteiger partial charge in [0.05, 0.1) is 31.0 Å². The Morgan fingerprint density at radius 2 is 1.79 bits per heavy atom. The monoisotopic (exact) mass is 392 g/mol. The molecular weight excluding hydrogens is 373 g/mol. The summed E-state index contributed by atoms with van der Waals surface area (Å²) in [6.45, 7) is 3.47. The smallest absolute Gasteiger partial charge is 0.378 e. The van der Waals surface area contributed by atoms with Crippen molar-refractivity contribution in [3.63, 3.8) is 0 Å². The van der Waals surface area contributed by atoms with Crippen LogP contribution >= 0.6 is 0 Å². The van der Waals surface area contributed by atoms with Crippen molar-refractivity contribution in [2.75, 3.05) is 37.7 Å². The lowest BCUT2D eigenvalue weighted by atomic mass is 10.0. The second-order valence-corrected chi connectivity index (χ2v) is 6.79. The van der Waals surface area contributed by atoms with Crippen molar-refractivity contribution in [2.24, 2.45) is 0 Å². The highest BCUT2D eigenvalue weighted by Crippen LogP contribution is 2.29. The normalized spacial score (nSPS) is 17.4. The Kier molecular flexibility index (Phi) is 4.92. The lowest BCUT2D eigenvalue weighted by molar-refractivity contribution is -0.137.